The third kappa shape index (κ3) is 5.23. The van der Waals surface area contributed by atoms with Crippen molar-refractivity contribution in [2.45, 2.75) is 26.7 Å². The van der Waals surface area contributed by atoms with Gasteiger partial charge in [0.25, 0.3) is 5.91 Å². The summed E-state index contributed by atoms with van der Waals surface area (Å²) in [4.78, 5) is 25.2. The smallest absolute Gasteiger partial charge is 0.258 e. The molecule has 0 spiro atoms. The lowest BCUT2D eigenvalue weighted by molar-refractivity contribution is -0.122. The zero-order valence-corrected chi connectivity index (χ0v) is 19.8. The van der Waals surface area contributed by atoms with Gasteiger partial charge in [0.1, 0.15) is 24.4 Å². The van der Waals surface area contributed by atoms with E-state index >= 15 is 0 Å². The van der Waals surface area contributed by atoms with Gasteiger partial charge in [-0.1, -0.05) is 6.92 Å². The van der Waals surface area contributed by atoms with Crippen LogP contribution in [0.3, 0.4) is 0 Å². The number of pyridine rings is 1. The Balaban J connectivity index is 1.65. The summed E-state index contributed by atoms with van der Waals surface area (Å²) in [6.07, 6.45) is 3.09. The summed E-state index contributed by atoms with van der Waals surface area (Å²) in [5.41, 5.74) is 3.56. The van der Waals surface area contributed by atoms with Crippen molar-refractivity contribution in [1.29, 1.82) is 5.26 Å². The number of carbonyl (C=O) groups is 1. The second-order valence-corrected chi connectivity index (χ2v) is 10.4. The van der Waals surface area contributed by atoms with Crippen LogP contribution in [0.4, 0.5) is 17.2 Å². The first kappa shape index (κ1) is 23.4. The van der Waals surface area contributed by atoms with Crippen LogP contribution in [-0.4, -0.2) is 49.7 Å². The molecular weight excluding hydrogens is 454 g/mol. The van der Waals surface area contributed by atoms with Gasteiger partial charge in [-0.05, 0) is 49.6 Å². The molecule has 1 aliphatic rings. The van der Waals surface area contributed by atoms with Crippen molar-refractivity contribution in [2.75, 3.05) is 30.0 Å². The minimum absolute atomic E-state index is 0.0921. The van der Waals surface area contributed by atoms with E-state index in [1.165, 1.54) is 6.33 Å². The van der Waals surface area contributed by atoms with E-state index < -0.39 is 15.6 Å². The Morgan fingerprint density at radius 3 is 2.82 bits per heavy atom. The van der Waals surface area contributed by atoms with Crippen LogP contribution in [0.15, 0.2) is 35.0 Å². The highest BCUT2D eigenvalue weighted by Crippen LogP contribution is 2.33. The molecule has 1 saturated heterocycles. The van der Waals surface area contributed by atoms with Crippen LogP contribution in [0.2, 0.25) is 0 Å². The van der Waals surface area contributed by atoms with Crippen LogP contribution in [0, 0.1) is 18.3 Å². The molecule has 11 heteroatoms. The van der Waals surface area contributed by atoms with Crippen molar-refractivity contribution < 1.29 is 13.7 Å². The molecule has 0 unspecified atom stereocenters. The first-order chi connectivity index (χ1) is 16.4. The zero-order valence-electron chi connectivity index (χ0n) is 19.0. The number of nitrogens with zero attached hydrogens (tertiary/aromatic N) is 5. The summed E-state index contributed by atoms with van der Waals surface area (Å²) < 4.78 is 22.7. The van der Waals surface area contributed by atoms with E-state index in [0.29, 0.717) is 40.6 Å². The van der Waals surface area contributed by atoms with Crippen molar-refractivity contribution in [3.8, 4) is 11.9 Å². The standard InChI is InChI=1S/C23H25N7O3S/c1-3-16-5-6-18(23(28-16)33-13-20(31)25-8-7-24)29-22-21-15(2)11-17(12-19(21)26-14-27-22)30-34(32)9-4-10-34/h5-6,11-12,14H,3-4,8-10,13H2,1-2H3,(H,25,31)(H,26,27,29). The molecule has 2 N–H and O–H groups in total. The third-order valence-electron chi connectivity index (χ3n) is 5.36. The van der Waals surface area contributed by atoms with Gasteiger partial charge in [0, 0.05) is 22.6 Å². The molecule has 0 aliphatic carbocycles. The lowest BCUT2D eigenvalue weighted by atomic mass is 10.1. The molecule has 0 bridgehead atoms. The molecule has 176 valence electrons. The van der Waals surface area contributed by atoms with Crippen molar-refractivity contribution in [1.82, 2.24) is 20.3 Å². The number of carbonyl (C=O) groups excluding carboxylic acids is 1. The first-order valence-corrected chi connectivity index (χ1v) is 12.8. The Hall–Kier alpha value is -3.78. The Morgan fingerprint density at radius 2 is 2.12 bits per heavy atom. The van der Waals surface area contributed by atoms with E-state index in [-0.39, 0.29) is 19.0 Å². The second-order valence-electron chi connectivity index (χ2n) is 7.86. The van der Waals surface area contributed by atoms with Gasteiger partial charge in [-0.2, -0.15) is 9.62 Å². The number of aromatic nitrogens is 3. The molecule has 10 nitrogen and oxygen atoms in total. The monoisotopic (exact) mass is 479 g/mol. The highest BCUT2D eigenvalue weighted by Gasteiger charge is 2.20. The van der Waals surface area contributed by atoms with Gasteiger partial charge in [0.2, 0.25) is 5.88 Å². The fourth-order valence-electron chi connectivity index (χ4n) is 3.53. The van der Waals surface area contributed by atoms with Crippen molar-refractivity contribution in [3.05, 3.63) is 41.9 Å². The average molecular weight is 480 g/mol. The number of fused-ring (bicyclic) bond motifs is 1. The number of benzene rings is 1. The van der Waals surface area contributed by atoms with Gasteiger partial charge in [0.15, 0.2) is 6.61 Å². The summed E-state index contributed by atoms with van der Waals surface area (Å²) in [6, 6.07) is 9.24. The van der Waals surface area contributed by atoms with E-state index in [2.05, 4.69) is 29.9 Å². The van der Waals surface area contributed by atoms with E-state index in [9.17, 15) is 9.00 Å². The molecule has 4 rings (SSSR count). The van der Waals surface area contributed by atoms with Gasteiger partial charge in [-0.15, -0.1) is 0 Å². The molecule has 1 amide bonds. The van der Waals surface area contributed by atoms with Crippen molar-refractivity contribution in [3.63, 3.8) is 0 Å². The van der Waals surface area contributed by atoms with Crippen LogP contribution in [0.25, 0.3) is 10.9 Å². The number of ether oxygens (including phenoxy) is 1. The Bertz CT molecular complexity index is 1400. The average Bonchev–Trinajstić information content (AvgIpc) is 2.81. The molecule has 1 fully saturated rings. The van der Waals surface area contributed by atoms with Crippen LogP contribution in [-0.2, 0) is 20.9 Å². The number of hydrogen-bond acceptors (Lipinski definition) is 9. The Kier molecular flexibility index (Phi) is 6.88. The lowest BCUT2D eigenvalue weighted by Gasteiger charge is -2.18. The number of nitrogens with one attached hydrogen (secondary N) is 2. The van der Waals surface area contributed by atoms with Gasteiger partial charge in [-0.25, -0.2) is 19.2 Å². The third-order valence-corrected chi connectivity index (χ3v) is 7.75. The zero-order chi connectivity index (χ0) is 24.1. The van der Waals surface area contributed by atoms with Crippen molar-refractivity contribution >= 4 is 43.7 Å². The Morgan fingerprint density at radius 1 is 1.29 bits per heavy atom. The van der Waals surface area contributed by atoms with E-state index in [1.807, 2.05) is 44.2 Å². The topological polar surface area (TPSA) is 142 Å². The molecule has 2 aromatic heterocycles. The van der Waals surface area contributed by atoms with Gasteiger partial charge >= 0.3 is 0 Å². The summed E-state index contributed by atoms with van der Waals surface area (Å²) in [7, 11) is -2.13. The minimum atomic E-state index is -2.13. The van der Waals surface area contributed by atoms with Gasteiger partial charge < -0.3 is 15.4 Å². The van der Waals surface area contributed by atoms with Gasteiger partial charge in [0.05, 0.1) is 27.0 Å². The molecule has 3 aromatic rings. The van der Waals surface area contributed by atoms with E-state index in [1.54, 1.807) is 0 Å². The van der Waals surface area contributed by atoms with Crippen LogP contribution in [0.5, 0.6) is 5.88 Å². The molecule has 34 heavy (non-hydrogen) atoms. The van der Waals surface area contributed by atoms with E-state index in [0.717, 1.165) is 23.1 Å². The number of nitriles is 1. The molecular formula is C23H25N7O3S. The summed E-state index contributed by atoms with van der Waals surface area (Å²) in [5, 5.41) is 15.1. The number of hydrogen-bond donors (Lipinski definition) is 2. The number of anilines is 2. The maximum atomic E-state index is 12.5. The molecule has 3 heterocycles. The quantitative estimate of drug-likeness (QED) is 0.469. The molecule has 0 atom stereocenters. The predicted molar refractivity (Wildman–Crippen MR) is 130 cm³/mol. The summed E-state index contributed by atoms with van der Waals surface area (Å²) in [6.45, 7) is 3.54. The molecule has 1 aliphatic heterocycles. The van der Waals surface area contributed by atoms with Crippen LogP contribution in [0.1, 0.15) is 24.6 Å². The van der Waals surface area contributed by atoms with E-state index in [4.69, 9.17) is 10.00 Å². The largest absolute Gasteiger partial charge is 0.466 e. The first-order valence-electron chi connectivity index (χ1n) is 10.9. The van der Waals surface area contributed by atoms with Crippen LogP contribution < -0.4 is 15.4 Å². The minimum Gasteiger partial charge on any atom is -0.466 e. The van der Waals surface area contributed by atoms with Gasteiger partial charge in [-0.3, -0.25) is 4.79 Å². The lowest BCUT2D eigenvalue weighted by Crippen LogP contribution is -2.29. The molecule has 0 radical (unpaired) electrons. The SMILES string of the molecule is CCc1ccc(Nc2ncnc3cc(N=S4(=O)CCC4)cc(C)c23)c(OCC(=O)NCC#N)n1. The summed E-state index contributed by atoms with van der Waals surface area (Å²) in [5.74, 6) is 1.66. The second kappa shape index (κ2) is 10.0. The van der Waals surface area contributed by atoms with Crippen LogP contribution >= 0.6 is 0 Å². The maximum Gasteiger partial charge on any atom is 0.258 e. The summed E-state index contributed by atoms with van der Waals surface area (Å²) >= 11 is 0. The fraction of sp³-hybridized carbons (Fsp3) is 0.348. The maximum absolute atomic E-state index is 12.5. The molecule has 0 saturated carbocycles. The fourth-order valence-corrected chi connectivity index (χ4v) is 4.98. The number of amides is 1. The molecule has 1 aromatic carbocycles. The normalized spacial score (nSPS) is 14.0. The highest BCUT2D eigenvalue weighted by atomic mass is 32.2. The number of aryl methyl sites for hydroxylation is 2. The number of rotatable bonds is 8. The Labute approximate surface area is 198 Å². The van der Waals surface area contributed by atoms with Crippen molar-refractivity contribution in [2.24, 2.45) is 4.36 Å². The predicted octanol–water partition coefficient (Wildman–Crippen LogP) is 3.16. The highest BCUT2D eigenvalue weighted by molar-refractivity contribution is 7.95.